The Balaban J connectivity index is 2.36. The standard InChI is InChI=1S/C20H17NO6/c1-3-25-18(22)15-9-16(19(23)26-4-2)11-17(10-15)27-20(24)14-7-5-6-13(8-14)12-21/h5-11H,3-4H2,1-2H3. The van der Waals surface area contributed by atoms with Crippen molar-refractivity contribution >= 4 is 17.9 Å². The highest BCUT2D eigenvalue weighted by Crippen LogP contribution is 2.21. The highest BCUT2D eigenvalue weighted by atomic mass is 16.5. The first-order valence-corrected chi connectivity index (χ1v) is 8.20. The molecule has 0 unspecified atom stereocenters. The molecule has 0 aliphatic carbocycles. The summed E-state index contributed by atoms with van der Waals surface area (Å²) in [5, 5.41) is 8.92. The molecule has 7 nitrogen and oxygen atoms in total. The van der Waals surface area contributed by atoms with Crippen LogP contribution in [0.3, 0.4) is 0 Å². The molecule has 0 saturated carbocycles. The summed E-state index contributed by atoms with van der Waals surface area (Å²) >= 11 is 0. The number of hydrogen-bond acceptors (Lipinski definition) is 7. The first-order valence-electron chi connectivity index (χ1n) is 8.20. The van der Waals surface area contributed by atoms with Gasteiger partial charge in [0, 0.05) is 0 Å². The molecule has 0 aliphatic rings. The van der Waals surface area contributed by atoms with Crippen LogP contribution in [0.2, 0.25) is 0 Å². The van der Waals surface area contributed by atoms with E-state index in [-0.39, 0.29) is 35.7 Å². The molecule has 0 radical (unpaired) electrons. The smallest absolute Gasteiger partial charge is 0.343 e. The highest BCUT2D eigenvalue weighted by molar-refractivity contribution is 5.97. The van der Waals surface area contributed by atoms with Gasteiger partial charge in [0.15, 0.2) is 0 Å². The third-order valence-corrected chi connectivity index (χ3v) is 3.37. The first kappa shape index (κ1) is 19.7. The van der Waals surface area contributed by atoms with Gasteiger partial charge in [0.1, 0.15) is 5.75 Å². The minimum atomic E-state index is -0.733. The van der Waals surface area contributed by atoms with Crippen LogP contribution in [0.15, 0.2) is 42.5 Å². The maximum absolute atomic E-state index is 12.3. The van der Waals surface area contributed by atoms with Gasteiger partial charge in [0.25, 0.3) is 0 Å². The predicted molar refractivity (Wildman–Crippen MR) is 94.5 cm³/mol. The summed E-state index contributed by atoms with van der Waals surface area (Å²) in [5.74, 6) is -2.07. The van der Waals surface area contributed by atoms with Crippen LogP contribution in [0.1, 0.15) is 50.5 Å². The fraction of sp³-hybridized carbons (Fsp3) is 0.200. The minimum Gasteiger partial charge on any atom is -0.462 e. The van der Waals surface area contributed by atoms with Crippen molar-refractivity contribution < 1.29 is 28.6 Å². The molecule has 2 aromatic carbocycles. The maximum atomic E-state index is 12.3. The van der Waals surface area contributed by atoms with Crippen LogP contribution >= 0.6 is 0 Å². The molecule has 0 N–H and O–H groups in total. The second kappa shape index (κ2) is 9.15. The second-order valence-electron chi connectivity index (χ2n) is 5.27. The number of hydrogen-bond donors (Lipinski definition) is 0. The normalized spacial score (nSPS) is 9.81. The van der Waals surface area contributed by atoms with E-state index in [1.54, 1.807) is 26.0 Å². The average Bonchev–Trinajstić information content (AvgIpc) is 2.68. The number of carbonyl (C=O) groups excluding carboxylic acids is 3. The van der Waals surface area contributed by atoms with Crippen LogP contribution < -0.4 is 4.74 Å². The van der Waals surface area contributed by atoms with Crippen LogP contribution in [0.4, 0.5) is 0 Å². The SMILES string of the molecule is CCOC(=O)c1cc(OC(=O)c2cccc(C#N)c2)cc(C(=O)OCC)c1. The lowest BCUT2D eigenvalue weighted by atomic mass is 10.1. The van der Waals surface area contributed by atoms with E-state index in [4.69, 9.17) is 19.5 Å². The number of esters is 3. The Kier molecular flexibility index (Phi) is 6.67. The van der Waals surface area contributed by atoms with Crippen LogP contribution in [0, 0.1) is 11.3 Å². The van der Waals surface area contributed by atoms with Crippen LogP contribution in [-0.4, -0.2) is 31.1 Å². The lowest BCUT2D eigenvalue weighted by Crippen LogP contribution is -2.13. The molecule has 2 rings (SSSR count). The summed E-state index contributed by atoms with van der Waals surface area (Å²) in [5.41, 5.74) is 0.567. The summed E-state index contributed by atoms with van der Waals surface area (Å²) < 4.78 is 15.1. The third-order valence-electron chi connectivity index (χ3n) is 3.37. The molecule has 0 atom stereocenters. The van der Waals surface area contributed by atoms with Crippen molar-refractivity contribution in [2.24, 2.45) is 0 Å². The number of nitriles is 1. The quantitative estimate of drug-likeness (QED) is 0.571. The molecular weight excluding hydrogens is 350 g/mol. The molecular formula is C20H17NO6. The van der Waals surface area contributed by atoms with Gasteiger partial charge in [0.2, 0.25) is 0 Å². The monoisotopic (exact) mass is 367 g/mol. The Morgan fingerprint density at radius 3 is 1.96 bits per heavy atom. The lowest BCUT2D eigenvalue weighted by molar-refractivity contribution is 0.0521. The summed E-state index contributed by atoms with van der Waals surface area (Å²) in [7, 11) is 0. The number of nitrogens with zero attached hydrogens (tertiary/aromatic N) is 1. The Labute approximate surface area is 156 Å². The lowest BCUT2D eigenvalue weighted by Gasteiger charge is -2.10. The number of carbonyl (C=O) groups is 3. The van der Waals surface area contributed by atoms with Crippen molar-refractivity contribution in [3.05, 3.63) is 64.7 Å². The highest BCUT2D eigenvalue weighted by Gasteiger charge is 2.17. The summed E-state index contributed by atoms with van der Waals surface area (Å²) in [4.78, 5) is 36.4. The fourth-order valence-corrected chi connectivity index (χ4v) is 2.20. The zero-order valence-corrected chi connectivity index (χ0v) is 14.9. The van der Waals surface area contributed by atoms with E-state index in [0.29, 0.717) is 5.56 Å². The van der Waals surface area contributed by atoms with Crippen molar-refractivity contribution in [3.63, 3.8) is 0 Å². The van der Waals surface area contributed by atoms with Gasteiger partial charge in [-0.05, 0) is 50.2 Å². The van der Waals surface area contributed by atoms with E-state index in [1.807, 2.05) is 6.07 Å². The van der Waals surface area contributed by atoms with Crippen molar-refractivity contribution in [3.8, 4) is 11.8 Å². The Hall–Kier alpha value is -3.66. The predicted octanol–water partition coefficient (Wildman–Crippen LogP) is 3.13. The van der Waals surface area contributed by atoms with Crippen molar-refractivity contribution in [2.45, 2.75) is 13.8 Å². The van der Waals surface area contributed by atoms with Gasteiger partial charge in [-0.25, -0.2) is 14.4 Å². The second-order valence-corrected chi connectivity index (χ2v) is 5.27. The molecule has 138 valence electrons. The number of rotatable bonds is 6. The van der Waals surface area contributed by atoms with E-state index >= 15 is 0 Å². The van der Waals surface area contributed by atoms with Gasteiger partial charge in [0.05, 0.1) is 41.5 Å². The molecule has 7 heteroatoms. The average molecular weight is 367 g/mol. The molecule has 0 aliphatic heterocycles. The molecule has 0 heterocycles. The minimum absolute atomic E-state index is 0.0176. The van der Waals surface area contributed by atoms with Crippen molar-refractivity contribution in [1.82, 2.24) is 0 Å². The van der Waals surface area contributed by atoms with E-state index < -0.39 is 17.9 Å². The zero-order chi connectivity index (χ0) is 19.8. The maximum Gasteiger partial charge on any atom is 0.343 e. The molecule has 0 fully saturated rings. The molecule has 0 amide bonds. The molecule has 0 saturated heterocycles. The van der Waals surface area contributed by atoms with Gasteiger partial charge in [-0.2, -0.15) is 5.26 Å². The van der Waals surface area contributed by atoms with Gasteiger partial charge in [-0.1, -0.05) is 6.07 Å². The van der Waals surface area contributed by atoms with Gasteiger partial charge < -0.3 is 14.2 Å². The Morgan fingerprint density at radius 1 is 0.852 bits per heavy atom. The van der Waals surface area contributed by atoms with Gasteiger partial charge in [-0.15, -0.1) is 0 Å². The summed E-state index contributed by atoms with van der Waals surface area (Å²) in [6, 6.07) is 11.8. The van der Waals surface area contributed by atoms with E-state index in [2.05, 4.69) is 0 Å². The molecule has 0 aromatic heterocycles. The van der Waals surface area contributed by atoms with Crippen LogP contribution in [-0.2, 0) is 9.47 Å². The van der Waals surface area contributed by atoms with Gasteiger partial charge in [-0.3, -0.25) is 0 Å². The largest absolute Gasteiger partial charge is 0.462 e. The summed E-state index contributed by atoms with van der Waals surface area (Å²) in [6.45, 7) is 3.60. The molecule has 2 aromatic rings. The van der Waals surface area contributed by atoms with E-state index in [0.717, 1.165) is 0 Å². The number of benzene rings is 2. The van der Waals surface area contributed by atoms with Gasteiger partial charge >= 0.3 is 17.9 Å². The van der Waals surface area contributed by atoms with Crippen molar-refractivity contribution in [2.75, 3.05) is 13.2 Å². The summed E-state index contributed by atoms with van der Waals surface area (Å²) in [6.07, 6.45) is 0. The van der Waals surface area contributed by atoms with Crippen molar-refractivity contribution in [1.29, 1.82) is 5.26 Å². The topological polar surface area (TPSA) is 103 Å². The fourth-order valence-electron chi connectivity index (χ4n) is 2.20. The molecule has 0 bridgehead atoms. The van der Waals surface area contributed by atoms with Crippen LogP contribution in [0.5, 0.6) is 5.75 Å². The van der Waals surface area contributed by atoms with Crippen LogP contribution in [0.25, 0.3) is 0 Å². The first-order chi connectivity index (χ1) is 13.0. The molecule has 0 spiro atoms. The number of ether oxygens (including phenoxy) is 3. The van der Waals surface area contributed by atoms with E-state index in [9.17, 15) is 14.4 Å². The Bertz CT molecular complexity index is 877. The third kappa shape index (κ3) is 5.16. The van der Waals surface area contributed by atoms with E-state index in [1.165, 1.54) is 30.3 Å². The Morgan fingerprint density at radius 2 is 1.44 bits per heavy atom. The zero-order valence-electron chi connectivity index (χ0n) is 14.9. The molecule has 27 heavy (non-hydrogen) atoms.